The molecule has 0 saturated heterocycles. The summed E-state index contributed by atoms with van der Waals surface area (Å²) in [6.07, 6.45) is 7.66. The lowest BCUT2D eigenvalue weighted by Gasteiger charge is -2.18. The van der Waals surface area contributed by atoms with Crippen molar-refractivity contribution in [2.24, 2.45) is 5.92 Å². The van der Waals surface area contributed by atoms with Crippen molar-refractivity contribution < 1.29 is 20.1 Å². The molecule has 0 bridgehead atoms. The number of aliphatic hydroxyl groups is 3. The van der Waals surface area contributed by atoms with Gasteiger partial charge in [0.1, 0.15) is 11.9 Å². The third-order valence-corrected chi connectivity index (χ3v) is 6.40. The average molecular weight is 379 g/mol. The van der Waals surface area contributed by atoms with Gasteiger partial charge in [-0.05, 0) is 12.5 Å². The summed E-state index contributed by atoms with van der Waals surface area (Å²) >= 11 is 1.60. The first-order valence-corrected chi connectivity index (χ1v) is 10.7. The van der Waals surface area contributed by atoms with E-state index in [1.807, 2.05) is 24.3 Å². The van der Waals surface area contributed by atoms with Gasteiger partial charge in [0.2, 0.25) is 0 Å². The highest BCUT2D eigenvalue weighted by molar-refractivity contribution is 7.99. The minimum Gasteiger partial charge on any atom is -0.488 e. The largest absolute Gasteiger partial charge is 0.488 e. The molecule has 1 aliphatic carbocycles. The molecule has 1 saturated carbocycles. The Labute approximate surface area is 160 Å². The van der Waals surface area contributed by atoms with Crippen LogP contribution in [0.3, 0.4) is 0 Å². The third kappa shape index (κ3) is 4.28. The summed E-state index contributed by atoms with van der Waals surface area (Å²) in [5.41, 5.74) is 1.14. The molecule has 0 aromatic heterocycles. The minimum atomic E-state index is -0.443. The zero-order valence-electron chi connectivity index (χ0n) is 15.4. The zero-order valence-corrected chi connectivity index (χ0v) is 16.2. The van der Waals surface area contributed by atoms with Gasteiger partial charge >= 0.3 is 0 Å². The fraction of sp³-hybridized carbons (Fsp3) is 0.619. The molecule has 26 heavy (non-hydrogen) atoms. The predicted octanol–water partition coefficient (Wildman–Crippen LogP) is 3.49. The molecule has 144 valence electrons. The Morgan fingerprint density at radius 3 is 2.96 bits per heavy atom. The Balaban J connectivity index is 1.73. The first kappa shape index (κ1) is 19.7. The van der Waals surface area contributed by atoms with E-state index >= 15 is 0 Å². The van der Waals surface area contributed by atoms with Gasteiger partial charge in [-0.15, -0.1) is 11.8 Å². The van der Waals surface area contributed by atoms with Gasteiger partial charge in [-0.25, -0.2) is 0 Å². The van der Waals surface area contributed by atoms with Crippen LogP contribution in [0, 0.1) is 5.92 Å². The number of para-hydroxylation sites is 1. The van der Waals surface area contributed by atoms with Gasteiger partial charge in [-0.2, -0.15) is 0 Å². The van der Waals surface area contributed by atoms with Crippen LogP contribution in [0.25, 0.3) is 0 Å². The van der Waals surface area contributed by atoms with E-state index in [1.165, 1.54) is 0 Å². The fourth-order valence-electron chi connectivity index (χ4n) is 4.10. The summed E-state index contributed by atoms with van der Waals surface area (Å²) in [7, 11) is 0. The summed E-state index contributed by atoms with van der Waals surface area (Å²) < 4.78 is 6.19. The van der Waals surface area contributed by atoms with E-state index < -0.39 is 12.2 Å². The Morgan fingerprint density at radius 1 is 1.35 bits per heavy atom. The molecular weight excluding hydrogens is 348 g/mol. The molecule has 0 radical (unpaired) electrons. The van der Waals surface area contributed by atoms with Crippen LogP contribution >= 0.6 is 11.8 Å². The fourth-order valence-corrected chi connectivity index (χ4v) is 4.89. The molecule has 1 aromatic rings. The lowest BCUT2D eigenvalue weighted by molar-refractivity contribution is 0.134. The van der Waals surface area contributed by atoms with Gasteiger partial charge in [-0.1, -0.05) is 50.5 Å². The molecule has 5 atom stereocenters. The number of rotatable bonds is 9. The monoisotopic (exact) mass is 378 g/mol. The normalized spacial score (nSPS) is 28.2. The lowest BCUT2D eigenvalue weighted by Crippen LogP contribution is -2.17. The first-order chi connectivity index (χ1) is 12.7. The summed E-state index contributed by atoms with van der Waals surface area (Å²) in [5.74, 6) is 1.66. The Bertz CT molecular complexity index is 618. The highest BCUT2D eigenvalue weighted by Crippen LogP contribution is 2.53. The quantitative estimate of drug-likeness (QED) is 0.349. The van der Waals surface area contributed by atoms with Crippen LogP contribution in [0.1, 0.15) is 50.5 Å². The molecule has 0 amide bonds. The van der Waals surface area contributed by atoms with Crippen molar-refractivity contribution in [1.29, 1.82) is 0 Å². The van der Waals surface area contributed by atoms with Gasteiger partial charge in [0.05, 0.1) is 18.8 Å². The molecule has 1 fully saturated rings. The molecule has 3 N–H and O–H groups in total. The Hall–Kier alpha value is -1.01. The first-order valence-electron chi connectivity index (χ1n) is 9.73. The van der Waals surface area contributed by atoms with E-state index in [1.54, 1.807) is 11.8 Å². The van der Waals surface area contributed by atoms with Crippen LogP contribution in [-0.4, -0.2) is 46.0 Å². The van der Waals surface area contributed by atoms with E-state index in [0.29, 0.717) is 12.2 Å². The molecule has 1 aliphatic heterocycles. The maximum absolute atomic E-state index is 10.5. The second-order valence-corrected chi connectivity index (χ2v) is 8.39. The van der Waals surface area contributed by atoms with E-state index in [2.05, 4.69) is 13.0 Å². The number of thioether (sulfide) groups is 1. The summed E-state index contributed by atoms with van der Waals surface area (Å²) in [5, 5.41) is 29.8. The maximum Gasteiger partial charge on any atom is 0.136 e. The van der Waals surface area contributed by atoms with Gasteiger partial charge < -0.3 is 20.1 Å². The second-order valence-electron chi connectivity index (χ2n) is 7.26. The number of ether oxygens (including phenoxy) is 1. The molecule has 5 heteroatoms. The molecule has 0 unspecified atom stereocenters. The number of aliphatic hydroxyl groups excluding tert-OH is 3. The van der Waals surface area contributed by atoms with Crippen LogP contribution in [-0.2, 0) is 0 Å². The standard InChI is InChI=1S/C21H30O4S/c1-2-3-4-6-14(23)9-10-15-17(24)13-18-20(15)16-7-5-8-19(21(16)25-18)26-12-11-22/h5,7-10,14-15,17-18,20,22-24H,2-4,6,11-13H2,1H3/b10-9+/t14-,15-,17+,18-,20-/m0/s1. The summed E-state index contributed by atoms with van der Waals surface area (Å²) in [6, 6.07) is 6.13. The molecule has 2 aliphatic rings. The minimum absolute atomic E-state index is 0.0113. The van der Waals surface area contributed by atoms with Crippen molar-refractivity contribution >= 4 is 11.8 Å². The number of hydrogen-bond donors (Lipinski definition) is 3. The Morgan fingerprint density at radius 2 is 2.19 bits per heavy atom. The van der Waals surface area contributed by atoms with Crippen molar-refractivity contribution in [1.82, 2.24) is 0 Å². The highest BCUT2D eigenvalue weighted by Gasteiger charge is 2.49. The smallest absolute Gasteiger partial charge is 0.136 e. The van der Waals surface area contributed by atoms with Gasteiger partial charge in [-0.3, -0.25) is 0 Å². The Kier molecular flexibility index (Phi) is 7.04. The number of benzene rings is 1. The predicted molar refractivity (Wildman–Crippen MR) is 105 cm³/mol. The molecule has 3 rings (SSSR count). The molecule has 4 nitrogen and oxygen atoms in total. The van der Waals surface area contributed by atoms with Crippen molar-refractivity contribution in [3.63, 3.8) is 0 Å². The van der Waals surface area contributed by atoms with Crippen LogP contribution in [0.4, 0.5) is 0 Å². The van der Waals surface area contributed by atoms with E-state index in [0.717, 1.165) is 41.9 Å². The second kappa shape index (κ2) is 9.27. The third-order valence-electron chi connectivity index (χ3n) is 5.38. The highest BCUT2D eigenvalue weighted by atomic mass is 32.2. The van der Waals surface area contributed by atoms with Gasteiger partial charge in [0.15, 0.2) is 0 Å². The van der Waals surface area contributed by atoms with E-state index in [9.17, 15) is 10.2 Å². The molecular formula is C21H30O4S. The topological polar surface area (TPSA) is 69.9 Å². The van der Waals surface area contributed by atoms with Crippen molar-refractivity contribution in [3.8, 4) is 5.75 Å². The van der Waals surface area contributed by atoms with E-state index in [4.69, 9.17) is 9.84 Å². The average Bonchev–Trinajstić information content (AvgIpc) is 3.13. The van der Waals surface area contributed by atoms with Crippen molar-refractivity contribution in [2.75, 3.05) is 12.4 Å². The van der Waals surface area contributed by atoms with Gasteiger partial charge in [0.25, 0.3) is 0 Å². The van der Waals surface area contributed by atoms with E-state index in [-0.39, 0.29) is 24.5 Å². The number of hydrogen-bond acceptors (Lipinski definition) is 5. The van der Waals surface area contributed by atoms with Crippen LogP contribution in [0.15, 0.2) is 35.2 Å². The lowest BCUT2D eigenvalue weighted by atomic mass is 9.87. The van der Waals surface area contributed by atoms with Crippen LogP contribution in [0.2, 0.25) is 0 Å². The van der Waals surface area contributed by atoms with Crippen LogP contribution in [0.5, 0.6) is 5.75 Å². The van der Waals surface area contributed by atoms with Crippen molar-refractivity contribution in [3.05, 3.63) is 35.9 Å². The molecule has 1 aromatic carbocycles. The van der Waals surface area contributed by atoms with Gasteiger partial charge in [0, 0.05) is 34.5 Å². The molecule has 0 spiro atoms. The number of fused-ring (bicyclic) bond motifs is 3. The number of unbranched alkanes of at least 4 members (excludes halogenated alkanes) is 2. The van der Waals surface area contributed by atoms with Crippen LogP contribution < -0.4 is 4.74 Å². The molecule has 1 heterocycles. The zero-order chi connectivity index (χ0) is 18.5. The van der Waals surface area contributed by atoms with Crippen molar-refractivity contribution in [2.45, 2.75) is 68.2 Å². The SMILES string of the molecule is CCCCC[C@H](O)/C=C/[C@@H]1[C@H]2c3cccc(SCCO)c3O[C@H]2C[C@H]1O. The summed E-state index contributed by atoms with van der Waals surface area (Å²) in [6.45, 7) is 2.29. The maximum atomic E-state index is 10.5. The summed E-state index contributed by atoms with van der Waals surface area (Å²) in [4.78, 5) is 1.06.